The third-order valence-corrected chi connectivity index (χ3v) is 8.62. The number of nitrogens with two attached hydrogens (primary N) is 1. The Hall–Kier alpha value is -3.73. The van der Waals surface area contributed by atoms with E-state index in [1.165, 1.54) is 30.3 Å². The third-order valence-electron chi connectivity index (χ3n) is 7.38. The lowest BCUT2D eigenvalue weighted by Crippen LogP contribution is -2.44. The van der Waals surface area contributed by atoms with Gasteiger partial charge in [0.05, 0.1) is 17.9 Å². The van der Waals surface area contributed by atoms with Crippen molar-refractivity contribution in [3.63, 3.8) is 0 Å². The second-order valence-electron chi connectivity index (χ2n) is 10.9. The number of piperidine rings is 1. The van der Waals surface area contributed by atoms with Gasteiger partial charge in [-0.25, -0.2) is 19.1 Å². The first-order valence-electron chi connectivity index (χ1n) is 13.6. The molecule has 0 radical (unpaired) electrons. The van der Waals surface area contributed by atoms with Crippen LogP contribution in [-0.4, -0.2) is 43.5 Å². The Labute approximate surface area is 234 Å². The third kappa shape index (κ3) is 6.04. The van der Waals surface area contributed by atoms with E-state index in [9.17, 15) is 17.6 Å². The van der Waals surface area contributed by atoms with E-state index in [-0.39, 0.29) is 28.4 Å². The summed E-state index contributed by atoms with van der Waals surface area (Å²) in [5, 5.41) is -0.352. The van der Waals surface area contributed by atoms with Gasteiger partial charge < -0.3 is 15.4 Å². The van der Waals surface area contributed by atoms with Gasteiger partial charge in [-0.05, 0) is 73.9 Å². The van der Waals surface area contributed by atoms with E-state index < -0.39 is 21.7 Å². The molecule has 2 fully saturated rings. The Kier molecular flexibility index (Phi) is 7.93. The molecule has 9 nitrogen and oxygen atoms in total. The number of anilines is 2. The molecule has 1 aliphatic heterocycles. The molecular weight excluding hydrogens is 533 g/mol. The number of pyridine rings is 2. The molecule has 2 aromatic heterocycles. The van der Waals surface area contributed by atoms with Crippen LogP contribution in [0.1, 0.15) is 56.3 Å². The fourth-order valence-electron chi connectivity index (χ4n) is 5.59. The van der Waals surface area contributed by atoms with Crippen molar-refractivity contribution in [1.82, 2.24) is 14.7 Å². The maximum Gasteiger partial charge on any atom is 0.281 e. The molecule has 1 saturated heterocycles. The van der Waals surface area contributed by atoms with Gasteiger partial charge in [-0.3, -0.25) is 4.79 Å². The predicted octanol–water partition coefficient (Wildman–Crippen LogP) is 4.79. The van der Waals surface area contributed by atoms with Crippen molar-refractivity contribution in [3.05, 3.63) is 59.9 Å². The van der Waals surface area contributed by atoms with Crippen LogP contribution in [0.4, 0.5) is 16.0 Å². The van der Waals surface area contributed by atoms with E-state index in [0.717, 1.165) is 32.1 Å². The average Bonchev–Trinajstić information content (AvgIpc) is 3.40. The van der Waals surface area contributed by atoms with Gasteiger partial charge in [0, 0.05) is 24.2 Å². The summed E-state index contributed by atoms with van der Waals surface area (Å²) < 4.78 is 48.4. The summed E-state index contributed by atoms with van der Waals surface area (Å²) in [4.78, 5) is 24.3. The Bertz CT molecular complexity index is 1510. The second kappa shape index (κ2) is 11.4. The first-order chi connectivity index (χ1) is 19.1. The quantitative estimate of drug-likeness (QED) is 0.398. The lowest BCUT2D eigenvalue weighted by molar-refractivity contribution is 0.0981. The van der Waals surface area contributed by atoms with E-state index in [0.29, 0.717) is 41.9 Å². The van der Waals surface area contributed by atoms with Crippen LogP contribution in [0.3, 0.4) is 0 Å². The fraction of sp³-hybridized carbons (Fsp3) is 0.414. The Morgan fingerprint density at radius 3 is 2.70 bits per heavy atom. The monoisotopic (exact) mass is 567 g/mol. The molecule has 212 valence electrons. The van der Waals surface area contributed by atoms with Crippen molar-refractivity contribution in [2.75, 3.05) is 23.8 Å². The number of amides is 1. The summed E-state index contributed by atoms with van der Waals surface area (Å²) in [5.41, 5.74) is 6.74. The van der Waals surface area contributed by atoms with Crippen LogP contribution in [0.5, 0.6) is 5.75 Å². The number of ether oxygens (including phenoxy) is 1. The van der Waals surface area contributed by atoms with Gasteiger partial charge in [-0.1, -0.05) is 26.3 Å². The van der Waals surface area contributed by atoms with Crippen LogP contribution in [0.15, 0.2) is 53.6 Å². The number of rotatable bonds is 8. The first kappa shape index (κ1) is 27.8. The van der Waals surface area contributed by atoms with Gasteiger partial charge in [0.15, 0.2) is 5.03 Å². The molecule has 2 atom stereocenters. The van der Waals surface area contributed by atoms with E-state index >= 15 is 0 Å². The Morgan fingerprint density at radius 1 is 1.12 bits per heavy atom. The minimum Gasteiger partial charge on any atom is -0.493 e. The van der Waals surface area contributed by atoms with E-state index in [4.69, 9.17) is 15.5 Å². The highest BCUT2D eigenvalue weighted by Gasteiger charge is 2.37. The number of fused-ring (bicyclic) bond motifs is 1. The molecule has 5 rings (SSSR count). The van der Waals surface area contributed by atoms with Crippen molar-refractivity contribution in [2.45, 2.75) is 57.0 Å². The maximum atomic E-state index is 14.6. The maximum absolute atomic E-state index is 14.6. The van der Waals surface area contributed by atoms with Crippen LogP contribution in [0.25, 0.3) is 11.3 Å². The number of halogens is 1. The molecule has 1 aliphatic carbocycles. The number of carbonyl (C=O) groups is 1. The molecule has 3 heterocycles. The number of carbonyl (C=O) groups excluding carboxylic acids is 1. The number of nitrogens with one attached hydrogen (secondary N) is 1. The number of nitrogen functional groups attached to an aromatic ring is 1. The Balaban J connectivity index is 1.54. The van der Waals surface area contributed by atoms with Gasteiger partial charge in [0.2, 0.25) is 0 Å². The normalized spacial score (nSPS) is 18.9. The number of nitrogens with zero attached hydrogens (tertiary/aromatic N) is 3. The first-order valence-corrected chi connectivity index (χ1v) is 15.1. The Morgan fingerprint density at radius 2 is 1.93 bits per heavy atom. The fourth-order valence-corrected chi connectivity index (χ4v) is 6.53. The number of benzene rings is 1. The molecule has 1 saturated carbocycles. The second-order valence-corrected chi connectivity index (χ2v) is 12.5. The molecule has 0 bridgehead atoms. The summed E-state index contributed by atoms with van der Waals surface area (Å²) in [6.45, 7) is 5.15. The van der Waals surface area contributed by atoms with Crippen LogP contribution < -0.4 is 20.1 Å². The van der Waals surface area contributed by atoms with Crippen LogP contribution in [0, 0.1) is 17.7 Å². The molecule has 1 amide bonds. The van der Waals surface area contributed by atoms with Gasteiger partial charge in [-0.15, -0.1) is 0 Å². The average molecular weight is 568 g/mol. The standard InChI is InChI=1S/C29H34FN5O4S/c1-18(2)17-39-22-15-20(14-21(30)16-22)24-12-11-23(28(32-24)35-13-5-7-19-6-3-8-25(19)35)29(36)34-40(37,38)27-10-4-9-26(31)33-27/h4,9-12,14-16,18-19,25H,3,5-8,13,17H2,1-2H3,(H2,31,33)(H,34,36). The van der Waals surface area contributed by atoms with Crippen LogP contribution in [-0.2, 0) is 10.0 Å². The van der Waals surface area contributed by atoms with Crippen molar-refractivity contribution in [2.24, 2.45) is 11.8 Å². The minimum atomic E-state index is -4.29. The predicted molar refractivity (Wildman–Crippen MR) is 151 cm³/mol. The molecule has 1 aromatic carbocycles. The number of sulfonamides is 1. The van der Waals surface area contributed by atoms with Gasteiger partial charge in [0.25, 0.3) is 15.9 Å². The molecule has 2 unspecified atom stereocenters. The van der Waals surface area contributed by atoms with E-state index in [2.05, 4.69) is 14.6 Å². The number of hydrogen-bond acceptors (Lipinski definition) is 8. The lowest BCUT2D eigenvalue weighted by atomic mass is 9.91. The van der Waals surface area contributed by atoms with E-state index in [1.54, 1.807) is 18.2 Å². The molecule has 3 N–H and O–H groups in total. The SMILES string of the molecule is CC(C)COc1cc(F)cc(-c2ccc(C(=O)NS(=O)(=O)c3cccc(N)n3)c(N3CCCC4CCCC43)n2)c1. The summed E-state index contributed by atoms with van der Waals surface area (Å²) in [6.07, 6.45) is 5.21. The van der Waals surface area contributed by atoms with Crippen molar-refractivity contribution in [3.8, 4) is 17.0 Å². The summed E-state index contributed by atoms with van der Waals surface area (Å²) in [5.74, 6) is 0.274. The van der Waals surface area contributed by atoms with E-state index in [1.807, 2.05) is 13.8 Å². The number of aromatic nitrogens is 2. The van der Waals surface area contributed by atoms with Gasteiger partial charge in [0.1, 0.15) is 23.2 Å². The molecule has 11 heteroatoms. The topological polar surface area (TPSA) is 128 Å². The lowest BCUT2D eigenvalue weighted by Gasteiger charge is -2.39. The summed E-state index contributed by atoms with van der Waals surface area (Å²) in [7, 11) is -4.29. The molecule has 0 spiro atoms. The highest BCUT2D eigenvalue weighted by atomic mass is 32.2. The molecule has 2 aliphatic rings. The zero-order valence-electron chi connectivity index (χ0n) is 22.6. The van der Waals surface area contributed by atoms with Crippen molar-refractivity contribution < 1.29 is 22.3 Å². The molecular formula is C29H34FN5O4S. The summed E-state index contributed by atoms with van der Waals surface area (Å²) in [6, 6.07) is 12.0. The van der Waals surface area contributed by atoms with Crippen LogP contribution >= 0.6 is 0 Å². The van der Waals surface area contributed by atoms with Gasteiger partial charge in [-0.2, -0.15) is 8.42 Å². The van der Waals surface area contributed by atoms with Crippen molar-refractivity contribution >= 4 is 27.6 Å². The zero-order valence-corrected chi connectivity index (χ0v) is 23.5. The minimum absolute atomic E-state index is 0.0226. The van der Waals surface area contributed by atoms with Gasteiger partial charge >= 0.3 is 0 Å². The molecule has 40 heavy (non-hydrogen) atoms. The largest absolute Gasteiger partial charge is 0.493 e. The summed E-state index contributed by atoms with van der Waals surface area (Å²) >= 11 is 0. The zero-order chi connectivity index (χ0) is 28.4. The highest BCUT2D eigenvalue weighted by Crippen LogP contribution is 2.40. The number of hydrogen-bond donors (Lipinski definition) is 2. The van der Waals surface area contributed by atoms with Crippen LogP contribution in [0.2, 0.25) is 0 Å². The highest BCUT2D eigenvalue weighted by molar-refractivity contribution is 7.90. The molecule has 3 aromatic rings. The van der Waals surface area contributed by atoms with Crippen molar-refractivity contribution in [1.29, 1.82) is 0 Å². The smallest absolute Gasteiger partial charge is 0.281 e.